The van der Waals surface area contributed by atoms with Gasteiger partial charge in [0.05, 0.1) is 11.8 Å². The van der Waals surface area contributed by atoms with Crippen LogP contribution >= 0.6 is 23.4 Å². The molecule has 0 saturated carbocycles. The molecule has 3 aromatic rings. The Labute approximate surface area is 206 Å². The lowest BCUT2D eigenvalue weighted by Crippen LogP contribution is -2.28. The van der Waals surface area contributed by atoms with E-state index in [1.165, 1.54) is 43.9 Å². The van der Waals surface area contributed by atoms with Crippen molar-refractivity contribution in [2.24, 2.45) is 0 Å². The highest BCUT2D eigenvalue weighted by Crippen LogP contribution is 2.26. The van der Waals surface area contributed by atoms with Crippen molar-refractivity contribution < 1.29 is 4.79 Å². The molecule has 3 rings (SSSR count). The van der Waals surface area contributed by atoms with Crippen molar-refractivity contribution >= 4 is 29.3 Å². The fraction of sp³-hybridized carbons (Fsp3) is 0.423. The summed E-state index contributed by atoms with van der Waals surface area (Å²) in [5, 5.41) is 13.4. The number of carbonyl (C=O) groups is 1. The molecule has 2 aromatic carbocycles. The van der Waals surface area contributed by atoms with Gasteiger partial charge in [0, 0.05) is 17.1 Å². The van der Waals surface area contributed by atoms with Crippen molar-refractivity contribution in [3.8, 4) is 11.4 Å². The summed E-state index contributed by atoms with van der Waals surface area (Å²) in [7, 11) is 0. The smallest absolute Gasteiger partial charge is 0.230 e. The number of carbonyl (C=O) groups excluding carboxylic acids is 1. The number of nitrogens with one attached hydrogen (secondary N) is 1. The van der Waals surface area contributed by atoms with Gasteiger partial charge < -0.3 is 9.88 Å². The molecule has 1 aromatic heterocycles. The van der Waals surface area contributed by atoms with Gasteiger partial charge in [-0.2, -0.15) is 0 Å². The summed E-state index contributed by atoms with van der Waals surface area (Å²) < 4.78 is 2.14. The van der Waals surface area contributed by atoms with E-state index in [1.54, 1.807) is 0 Å². The predicted octanol–water partition coefficient (Wildman–Crippen LogP) is 6.93. The summed E-state index contributed by atoms with van der Waals surface area (Å²) in [5.74, 6) is 1.10. The van der Waals surface area contributed by atoms with Gasteiger partial charge >= 0.3 is 0 Å². The van der Waals surface area contributed by atoms with E-state index in [1.807, 2.05) is 61.5 Å². The van der Waals surface area contributed by atoms with Crippen LogP contribution in [-0.2, 0) is 11.3 Å². The van der Waals surface area contributed by atoms with Gasteiger partial charge in [-0.1, -0.05) is 92.7 Å². The first kappa shape index (κ1) is 25.3. The Morgan fingerprint density at radius 2 is 1.70 bits per heavy atom. The van der Waals surface area contributed by atoms with Crippen molar-refractivity contribution in [1.82, 2.24) is 20.1 Å². The molecular weight excluding hydrogens is 452 g/mol. The molecule has 0 bridgehead atoms. The molecule has 0 spiro atoms. The highest BCUT2D eigenvalue weighted by atomic mass is 35.5. The number of thioether (sulfide) groups is 1. The van der Waals surface area contributed by atoms with Gasteiger partial charge in [0.1, 0.15) is 0 Å². The second-order valence-corrected chi connectivity index (χ2v) is 9.60. The van der Waals surface area contributed by atoms with Gasteiger partial charge in [0.2, 0.25) is 5.91 Å². The molecule has 0 aliphatic heterocycles. The van der Waals surface area contributed by atoms with E-state index >= 15 is 0 Å². The molecule has 5 nitrogen and oxygen atoms in total. The fourth-order valence-corrected chi connectivity index (χ4v) is 4.60. The molecule has 0 radical (unpaired) electrons. The Kier molecular flexibility index (Phi) is 10.3. The molecule has 1 amide bonds. The van der Waals surface area contributed by atoms with E-state index in [9.17, 15) is 4.79 Å². The fourth-order valence-electron chi connectivity index (χ4n) is 3.70. The summed E-state index contributed by atoms with van der Waals surface area (Å²) in [4.78, 5) is 12.6. The topological polar surface area (TPSA) is 59.8 Å². The highest BCUT2D eigenvalue weighted by Gasteiger charge is 2.16. The van der Waals surface area contributed by atoms with Crippen LogP contribution in [0.15, 0.2) is 59.8 Å². The van der Waals surface area contributed by atoms with Crippen molar-refractivity contribution in [3.05, 3.63) is 65.2 Å². The third kappa shape index (κ3) is 7.90. The molecule has 1 heterocycles. The predicted molar refractivity (Wildman–Crippen MR) is 138 cm³/mol. The SMILES string of the molecule is CCCCCCCCn1c(SCC(=O)N[C@@H](C)c2ccccc2)nnc1-c1ccc(Cl)cc1. The molecule has 7 heteroatoms. The van der Waals surface area contributed by atoms with Crippen LogP contribution < -0.4 is 5.32 Å². The van der Waals surface area contributed by atoms with Gasteiger partial charge in [-0.05, 0) is 43.2 Å². The first-order valence-corrected chi connectivity index (χ1v) is 13.1. The third-order valence-electron chi connectivity index (χ3n) is 5.56. The summed E-state index contributed by atoms with van der Waals surface area (Å²) in [6.07, 6.45) is 7.31. The average molecular weight is 485 g/mol. The van der Waals surface area contributed by atoms with Crippen LogP contribution in [0, 0.1) is 0 Å². The zero-order valence-corrected chi connectivity index (χ0v) is 21.0. The van der Waals surface area contributed by atoms with Crippen molar-refractivity contribution in [2.45, 2.75) is 70.1 Å². The summed E-state index contributed by atoms with van der Waals surface area (Å²) in [5.41, 5.74) is 2.07. The molecule has 0 aliphatic carbocycles. The Morgan fingerprint density at radius 1 is 1.00 bits per heavy atom. The Bertz CT molecular complexity index is 991. The quantitative estimate of drug-likeness (QED) is 0.211. The van der Waals surface area contributed by atoms with Gasteiger partial charge in [-0.3, -0.25) is 4.79 Å². The number of unbranched alkanes of at least 4 members (excludes halogenated alkanes) is 5. The minimum Gasteiger partial charge on any atom is -0.349 e. The minimum absolute atomic E-state index is 0.0153. The molecule has 0 unspecified atom stereocenters. The van der Waals surface area contributed by atoms with Crippen molar-refractivity contribution in [1.29, 1.82) is 0 Å². The highest BCUT2D eigenvalue weighted by molar-refractivity contribution is 7.99. The molecular formula is C26H33ClN4OS. The number of rotatable bonds is 13. The lowest BCUT2D eigenvalue weighted by Gasteiger charge is -2.14. The molecule has 1 atom stereocenters. The van der Waals surface area contributed by atoms with E-state index in [2.05, 4.69) is 27.0 Å². The minimum atomic E-state index is -0.0371. The zero-order valence-electron chi connectivity index (χ0n) is 19.5. The zero-order chi connectivity index (χ0) is 23.5. The van der Waals surface area contributed by atoms with Gasteiger partial charge in [0.15, 0.2) is 11.0 Å². The van der Waals surface area contributed by atoms with Gasteiger partial charge in [0.25, 0.3) is 0 Å². The van der Waals surface area contributed by atoms with E-state index in [0.717, 1.165) is 35.1 Å². The first-order valence-electron chi connectivity index (χ1n) is 11.7. The molecule has 1 N–H and O–H groups in total. The molecule has 0 aliphatic rings. The van der Waals surface area contributed by atoms with Crippen LogP contribution in [0.1, 0.15) is 64.0 Å². The number of halogens is 1. The molecule has 33 heavy (non-hydrogen) atoms. The molecule has 176 valence electrons. The number of hydrogen-bond donors (Lipinski definition) is 1. The third-order valence-corrected chi connectivity index (χ3v) is 6.78. The number of benzene rings is 2. The Morgan fingerprint density at radius 3 is 2.42 bits per heavy atom. The largest absolute Gasteiger partial charge is 0.349 e. The van der Waals surface area contributed by atoms with Gasteiger partial charge in [-0.15, -0.1) is 10.2 Å². The van der Waals surface area contributed by atoms with E-state index in [-0.39, 0.29) is 11.9 Å². The Hall–Kier alpha value is -2.31. The van der Waals surface area contributed by atoms with Crippen LogP contribution in [-0.4, -0.2) is 26.4 Å². The van der Waals surface area contributed by atoms with Crippen LogP contribution in [0.2, 0.25) is 5.02 Å². The van der Waals surface area contributed by atoms with Crippen LogP contribution in [0.5, 0.6) is 0 Å². The second-order valence-electron chi connectivity index (χ2n) is 8.22. The molecule has 0 saturated heterocycles. The number of amides is 1. The Balaban J connectivity index is 1.64. The normalized spacial score (nSPS) is 12.0. The first-order chi connectivity index (χ1) is 16.1. The number of aromatic nitrogens is 3. The standard InChI is InChI=1S/C26H33ClN4OS/c1-3-4-5-6-7-11-18-31-25(22-14-16-23(27)17-15-22)29-30-26(31)33-19-24(32)28-20(2)21-12-9-8-10-13-21/h8-10,12-17,20H,3-7,11,18-19H2,1-2H3,(H,28,32)/t20-/m0/s1. The maximum atomic E-state index is 12.6. The lowest BCUT2D eigenvalue weighted by atomic mass is 10.1. The maximum absolute atomic E-state index is 12.6. The van der Waals surface area contributed by atoms with Crippen LogP contribution in [0.4, 0.5) is 0 Å². The van der Waals surface area contributed by atoms with Crippen LogP contribution in [0.25, 0.3) is 11.4 Å². The summed E-state index contributed by atoms with van der Waals surface area (Å²) in [6.45, 7) is 5.06. The summed E-state index contributed by atoms with van der Waals surface area (Å²) >= 11 is 7.50. The maximum Gasteiger partial charge on any atom is 0.230 e. The lowest BCUT2D eigenvalue weighted by molar-refractivity contribution is -0.119. The number of hydrogen-bond acceptors (Lipinski definition) is 4. The van der Waals surface area contributed by atoms with Crippen LogP contribution in [0.3, 0.4) is 0 Å². The van der Waals surface area contributed by atoms with E-state index in [0.29, 0.717) is 10.8 Å². The molecule has 0 fully saturated rings. The number of nitrogens with zero attached hydrogens (tertiary/aromatic N) is 3. The second kappa shape index (κ2) is 13.4. The van der Waals surface area contributed by atoms with E-state index in [4.69, 9.17) is 11.6 Å². The van der Waals surface area contributed by atoms with Crippen molar-refractivity contribution in [3.63, 3.8) is 0 Å². The summed E-state index contributed by atoms with van der Waals surface area (Å²) in [6, 6.07) is 17.6. The van der Waals surface area contributed by atoms with Gasteiger partial charge in [-0.25, -0.2) is 0 Å². The monoisotopic (exact) mass is 484 g/mol. The van der Waals surface area contributed by atoms with Crippen molar-refractivity contribution in [2.75, 3.05) is 5.75 Å². The van der Waals surface area contributed by atoms with E-state index < -0.39 is 0 Å². The average Bonchev–Trinajstić information content (AvgIpc) is 3.23.